The molecule has 3 heterocycles. The van der Waals surface area contributed by atoms with Crippen molar-refractivity contribution in [2.75, 3.05) is 18.4 Å². The predicted octanol–water partition coefficient (Wildman–Crippen LogP) is 2.59. The van der Waals surface area contributed by atoms with Crippen LogP contribution in [0.4, 0.5) is 5.13 Å². The molecule has 0 bridgehead atoms. The second kappa shape index (κ2) is 7.26. The molecule has 7 nitrogen and oxygen atoms in total. The van der Waals surface area contributed by atoms with Crippen LogP contribution in [0.1, 0.15) is 44.0 Å². The second-order valence-electron chi connectivity index (χ2n) is 6.25. The summed E-state index contributed by atoms with van der Waals surface area (Å²) in [5.41, 5.74) is 2.47. The zero-order valence-electron chi connectivity index (χ0n) is 14.6. The first kappa shape index (κ1) is 17.5. The van der Waals surface area contributed by atoms with Gasteiger partial charge in [0.1, 0.15) is 5.69 Å². The summed E-state index contributed by atoms with van der Waals surface area (Å²) in [6.07, 6.45) is 5.47. The van der Waals surface area contributed by atoms with Gasteiger partial charge in [0.05, 0.1) is 22.5 Å². The number of carbonyl (C=O) groups excluding carboxylic acids is 2. The van der Waals surface area contributed by atoms with Crippen LogP contribution in [-0.2, 0) is 9.59 Å². The first-order valence-electron chi connectivity index (χ1n) is 8.27. The maximum absolute atomic E-state index is 11.6. The Bertz CT molecular complexity index is 804. The summed E-state index contributed by atoms with van der Waals surface area (Å²) < 4.78 is 0. The number of hydrogen-bond donors (Lipinski definition) is 1. The molecule has 3 rings (SSSR count). The lowest BCUT2D eigenvalue weighted by Crippen LogP contribution is -2.37. The van der Waals surface area contributed by atoms with Gasteiger partial charge < -0.3 is 10.2 Å². The van der Waals surface area contributed by atoms with E-state index in [4.69, 9.17) is 4.98 Å². The maximum atomic E-state index is 11.6. The van der Waals surface area contributed by atoms with Crippen LogP contribution in [0.3, 0.4) is 0 Å². The highest BCUT2D eigenvalue weighted by molar-refractivity contribution is 7.19. The number of nitrogens with one attached hydrogen (secondary N) is 1. The standard InChI is InChI=1S/C17H21N5O2S/c1-10-16(25-17(19-10)20-11(2)23)15-8-18-7-14(21-15)13-5-4-6-22(9-13)12(3)24/h7-8,13H,4-6,9H2,1-3H3,(H,19,20,23)/t13-/m1/s1. The van der Waals surface area contributed by atoms with Crippen molar-refractivity contribution in [1.82, 2.24) is 19.9 Å². The fraction of sp³-hybridized carbons (Fsp3) is 0.471. The molecule has 0 radical (unpaired) electrons. The molecule has 132 valence electrons. The number of carbonyl (C=O) groups is 2. The first-order valence-corrected chi connectivity index (χ1v) is 9.08. The Morgan fingerprint density at radius 3 is 2.80 bits per heavy atom. The average Bonchev–Trinajstić information content (AvgIpc) is 2.94. The molecule has 0 aromatic carbocycles. The summed E-state index contributed by atoms with van der Waals surface area (Å²) in [5, 5.41) is 3.27. The summed E-state index contributed by atoms with van der Waals surface area (Å²) in [6, 6.07) is 0. The molecule has 0 spiro atoms. The molecule has 2 amide bonds. The van der Waals surface area contributed by atoms with Gasteiger partial charge >= 0.3 is 0 Å². The van der Waals surface area contributed by atoms with Crippen LogP contribution >= 0.6 is 11.3 Å². The predicted molar refractivity (Wildman–Crippen MR) is 96.4 cm³/mol. The number of piperidine rings is 1. The van der Waals surface area contributed by atoms with Crippen LogP contribution in [-0.4, -0.2) is 44.8 Å². The molecule has 1 N–H and O–H groups in total. The average molecular weight is 359 g/mol. The lowest BCUT2D eigenvalue weighted by Gasteiger charge is -2.31. The molecule has 1 aliphatic heterocycles. The Morgan fingerprint density at radius 2 is 2.08 bits per heavy atom. The third-order valence-electron chi connectivity index (χ3n) is 4.25. The SMILES string of the molecule is CC(=O)Nc1nc(C)c(-c2cncc([C@@H]3CCCN(C(C)=O)C3)n2)s1. The van der Waals surface area contributed by atoms with Crippen LogP contribution in [0.2, 0.25) is 0 Å². The summed E-state index contributed by atoms with van der Waals surface area (Å²) in [6.45, 7) is 6.46. The van der Waals surface area contributed by atoms with Crippen LogP contribution in [0.15, 0.2) is 12.4 Å². The highest BCUT2D eigenvalue weighted by Crippen LogP contribution is 2.33. The van der Waals surface area contributed by atoms with Crippen molar-refractivity contribution in [2.45, 2.75) is 39.5 Å². The number of rotatable bonds is 3. The third-order valence-corrected chi connectivity index (χ3v) is 5.35. The Labute approximate surface area is 150 Å². The molecular weight excluding hydrogens is 338 g/mol. The Hall–Kier alpha value is -2.35. The van der Waals surface area contributed by atoms with Gasteiger partial charge in [-0.3, -0.25) is 14.6 Å². The number of hydrogen-bond acceptors (Lipinski definition) is 6. The van der Waals surface area contributed by atoms with Gasteiger partial charge in [-0.25, -0.2) is 9.97 Å². The zero-order chi connectivity index (χ0) is 18.0. The first-order chi connectivity index (χ1) is 11.9. The number of anilines is 1. The highest BCUT2D eigenvalue weighted by Gasteiger charge is 2.24. The van der Waals surface area contributed by atoms with E-state index >= 15 is 0 Å². The minimum atomic E-state index is -0.147. The van der Waals surface area contributed by atoms with Crippen LogP contribution in [0, 0.1) is 6.92 Å². The van der Waals surface area contributed by atoms with E-state index in [2.05, 4.69) is 15.3 Å². The molecule has 2 aromatic heterocycles. The van der Waals surface area contributed by atoms with Gasteiger partial charge in [0.25, 0.3) is 0 Å². The molecule has 1 saturated heterocycles. The van der Waals surface area contributed by atoms with Crippen molar-refractivity contribution >= 4 is 28.3 Å². The number of aromatic nitrogens is 3. The lowest BCUT2D eigenvalue weighted by molar-refractivity contribution is -0.130. The van der Waals surface area contributed by atoms with E-state index in [1.54, 1.807) is 19.3 Å². The quantitative estimate of drug-likeness (QED) is 0.910. The van der Waals surface area contributed by atoms with Gasteiger partial charge in [-0.15, -0.1) is 0 Å². The van der Waals surface area contributed by atoms with Gasteiger partial charge in [0.15, 0.2) is 5.13 Å². The van der Waals surface area contributed by atoms with Crippen molar-refractivity contribution in [1.29, 1.82) is 0 Å². The minimum Gasteiger partial charge on any atom is -0.342 e. The molecule has 0 saturated carbocycles. The van der Waals surface area contributed by atoms with Crippen molar-refractivity contribution < 1.29 is 9.59 Å². The number of likely N-dealkylation sites (tertiary alicyclic amines) is 1. The van der Waals surface area contributed by atoms with Gasteiger partial charge in [-0.2, -0.15) is 0 Å². The minimum absolute atomic E-state index is 0.104. The Balaban J connectivity index is 1.85. The number of aryl methyl sites for hydroxylation is 1. The Morgan fingerprint density at radius 1 is 1.28 bits per heavy atom. The summed E-state index contributed by atoms with van der Waals surface area (Å²) in [7, 11) is 0. The van der Waals surface area contributed by atoms with Crippen molar-refractivity contribution in [3.05, 3.63) is 23.8 Å². The number of thiazole rings is 1. The van der Waals surface area contributed by atoms with E-state index in [1.807, 2.05) is 11.8 Å². The van der Waals surface area contributed by atoms with E-state index < -0.39 is 0 Å². The molecule has 1 atom stereocenters. The van der Waals surface area contributed by atoms with Crippen molar-refractivity contribution in [3.8, 4) is 10.6 Å². The highest BCUT2D eigenvalue weighted by atomic mass is 32.1. The lowest BCUT2D eigenvalue weighted by atomic mass is 9.95. The van der Waals surface area contributed by atoms with E-state index in [0.717, 1.165) is 41.3 Å². The number of nitrogens with zero attached hydrogens (tertiary/aromatic N) is 4. The van der Waals surface area contributed by atoms with E-state index in [0.29, 0.717) is 11.7 Å². The fourth-order valence-corrected chi connectivity index (χ4v) is 4.00. The van der Waals surface area contributed by atoms with Crippen LogP contribution in [0.5, 0.6) is 0 Å². The summed E-state index contributed by atoms with van der Waals surface area (Å²) >= 11 is 1.39. The molecule has 0 aliphatic carbocycles. The molecule has 0 unspecified atom stereocenters. The molecule has 1 fully saturated rings. The van der Waals surface area contributed by atoms with Crippen molar-refractivity contribution in [3.63, 3.8) is 0 Å². The number of amides is 2. The fourth-order valence-electron chi connectivity index (χ4n) is 3.03. The van der Waals surface area contributed by atoms with Gasteiger partial charge in [0.2, 0.25) is 11.8 Å². The molecule has 8 heteroatoms. The topological polar surface area (TPSA) is 88.1 Å². The summed E-state index contributed by atoms with van der Waals surface area (Å²) in [5.74, 6) is 0.159. The monoisotopic (exact) mass is 359 g/mol. The second-order valence-corrected chi connectivity index (χ2v) is 7.25. The molecular formula is C17H21N5O2S. The molecule has 2 aromatic rings. The normalized spacial score (nSPS) is 17.4. The Kier molecular flexibility index (Phi) is 5.08. The molecule has 25 heavy (non-hydrogen) atoms. The van der Waals surface area contributed by atoms with Gasteiger partial charge in [-0.1, -0.05) is 11.3 Å². The van der Waals surface area contributed by atoms with Gasteiger partial charge in [0, 0.05) is 39.1 Å². The third kappa shape index (κ3) is 4.01. The largest absolute Gasteiger partial charge is 0.342 e. The van der Waals surface area contributed by atoms with Gasteiger partial charge in [-0.05, 0) is 19.8 Å². The van der Waals surface area contributed by atoms with E-state index in [9.17, 15) is 9.59 Å². The zero-order valence-corrected chi connectivity index (χ0v) is 15.4. The maximum Gasteiger partial charge on any atom is 0.223 e. The van der Waals surface area contributed by atoms with Crippen LogP contribution in [0.25, 0.3) is 10.6 Å². The van der Waals surface area contributed by atoms with E-state index in [-0.39, 0.29) is 17.7 Å². The smallest absolute Gasteiger partial charge is 0.223 e. The van der Waals surface area contributed by atoms with Crippen molar-refractivity contribution in [2.24, 2.45) is 0 Å². The summed E-state index contributed by atoms with van der Waals surface area (Å²) in [4.78, 5) is 39.1. The van der Waals surface area contributed by atoms with E-state index in [1.165, 1.54) is 18.3 Å². The molecule has 1 aliphatic rings. The van der Waals surface area contributed by atoms with Crippen LogP contribution < -0.4 is 5.32 Å².